The molecule has 0 aromatic heterocycles. The highest BCUT2D eigenvalue weighted by Crippen LogP contribution is 2.73. The maximum Gasteiger partial charge on any atom is 0.331 e. The molecule has 0 aromatic carbocycles. The Labute approximate surface area is 226 Å². The minimum Gasteiger partial charge on any atom is -0.478 e. The number of Topliss-reactive ketones (excluding diaryl/α,β-unsaturated/α-hetero) is 2. The van der Waals surface area contributed by atoms with Gasteiger partial charge in [-0.3, -0.25) is 14.4 Å². The van der Waals surface area contributed by atoms with Crippen LogP contribution in [0, 0.1) is 39.9 Å². The van der Waals surface area contributed by atoms with Gasteiger partial charge >= 0.3 is 11.9 Å². The summed E-state index contributed by atoms with van der Waals surface area (Å²) in [7, 11) is 0. The van der Waals surface area contributed by atoms with Crippen molar-refractivity contribution in [3.05, 3.63) is 22.8 Å². The summed E-state index contributed by atoms with van der Waals surface area (Å²) in [5.41, 5.74) is -0.0476. The lowest BCUT2D eigenvalue weighted by atomic mass is 9.36. The standard InChI is InChI=1S/C31H44O7/c1-16(2)9-8-10-19(28(36)37)24-20-11-12-23-29(5)14-13-21(33)17(3)25(29)26(34)27(35)31(23,7)30(20,6)15-22(24)38-18(4)32/h9,17,20,22-23,25-26,34H,8,10-15H2,1-7H3,(H,36,37)/b24-19-. The van der Waals surface area contributed by atoms with Gasteiger partial charge in [0, 0.05) is 36.2 Å². The van der Waals surface area contributed by atoms with Gasteiger partial charge in [-0.25, -0.2) is 4.79 Å². The van der Waals surface area contributed by atoms with Crippen LogP contribution in [0.5, 0.6) is 0 Å². The summed E-state index contributed by atoms with van der Waals surface area (Å²) >= 11 is 0. The van der Waals surface area contributed by atoms with Gasteiger partial charge in [-0.15, -0.1) is 0 Å². The van der Waals surface area contributed by atoms with E-state index in [2.05, 4.69) is 6.92 Å². The van der Waals surface area contributed by atoms with Gasteiger partial charge in [-0.2, -0.15) is 0 Å². The van der Waals surface area contributed by atoms with E-state index < -0.39 is 46.3 Å². The van der Waals surface area contributed by atoms with Crippen molar-refractivity contribution in [1.82, 2.24) is 0 Å². The number of rotatable bonds is 5. The maximum absolute atomic E-state index is 14.3. The van der Waals surface area contributed by atoms with Gasteiger partial charge in [-0.1, -0.05) is 39.3 Å². The van der Waals surface area contributed by atoms with Gasteiger partial charge in [0.15, 0.2) is 5.78 Å². The van der Waals surface area contributed by atoms with Gasteiger partial charge in [0.25, 0.3) is 0 Å². The fourth-order valence-corrected chi connectivity index (χ4v) is 9.37. The number of carbonyl (C=O) groups is 4. The van der Waals surface area contributed by atoms with E-state index in [-0.39, 0.29) is 34.9 Å². The molecule has 0 spiro atoms. The summed E-state index contributed by atoms with van der Waals surface area (Å²) in [6.45, 7) is 13.2. The van der Waals surface area contributed by atoms with Gasteiger partial charge in [-0.05, 0) is 80.6 Å². The van der Waals surface area contributed by atoms with Gasteiger partial charge < -0.3 is 14.9 Å². The maximum atomic E-state index is 14.3. The van der Waals surface area contributed by atoms with Crippen LogP contribution in [0.3, 0.4) is 0 Å². The molecular weight excluding hydrogens is 484 g/mol. The minimum atomic E-state index is -1.26. The van der Waals surface area contributed by atoms with Gasteiger partial charge in [0.2, 0.25) is 0 Å². The molecule has 4 rings (SSSR count). The Morgan fingerprint density at radius 3 is 2.34 bits per heavy atom. The van der Waals surface area contributed by atoms with Gasteiger partial charge in [0.1, 0.15) is 18.0 Å². The second kappa shape index (κ2) is 9.72. The van der Waals surface area contributed by atoms with Crippen LogP contribution in [0.4, 0.5) is 0 Å². The van der Waals surface area contributed by atoms with Crippen LogP contribution >= 0.6 is 0 Å². The molecule has 0 saturated heterocycles. The molecule has 4 aliphatic rings. The second-order valence-electron chi connectivity index (χ2n) is 13.3. The van der Waals surface area contributed by atoms with E-state index in [0.29, 0.717) is 50.5 Å². The Hall–Kier alpha value is -2.28. The summed E-state index contributed by atoms with van der Waals surface area (Å²) < 4.78 is 5.80. The second-order valence-corrected chi connectivity index (χ2v) is 13.3. The molecule has 9 unspecified atom stereocenters. The molecule has 0 bridgehead atoms. The first-order valence-corrected chi connectivity index (χ1v) is 14.1. The zero-order valence-corrected chi connectivity index (χ0v) is 23.9. The van der Waals surface area contributed by atoms with Crippen molar-refractivity contribution in [2.24, 2.45) is 39.9 Å². The van der Waals surface area contributed by atoms with Crippen LogP contribution in [0.15, 0.2) is 22.8 Å². The lowest BCUT2D eigenvalue weighted by molar-refractivity contribution is -0.213. The third kappa shape index (κ3) is 4.02. The van der Waals surface area contributed by atoms with Crippen molar-refractivity contribution in [3.8, 4) is 0 Å². The monoisotopic (exact) mass is 528 g/mol. The fourth-order valence-electron chi connectivity index (χ4n) is 9.37. The Kier molecular flexibility index (Phi) is 7.35. The van der Waals surface area contributed by atoms with E-state index in [1.807, 2.05) is 40.7 Å². The molecule has 9 atom stereocenters. The quantitative estimate of drug-likeness (QED) is 0.291. The van der Waals surface area contributed by atoms with Crippen LogP contribution in [0.2, 0.25) is 0 Å². The Morgan fingerprint density at radius 2 is 1.76 bits per heavy atom. The average Bonchev–Trinajstić information content (AvgIpc) is 3.09. The highest BCUT2D eigenvalue weighted by Gasteiger charge is 2.73. The van der Waals surface area contributed by atoms with Crippen molar-refractivity contribution >= 4 is 23.5 Å². The highest BCUT2D eigenvalue weighted by atomic mass is 16.5. The van der Waals surface area contributed by atoms with Crippen molar-refractivity contribution in [2.75, 3.05) is 0 Å². The SMILES string of the molecule is CC(=O)OC1CC2(C)C(CCC3C4(C)CCC(=O)C(C)C4C(O)C(=O)C32C)/C1=C(\CCC=C(C)C)C(=O)O. The lowest BCUT2D eigenvalue weighted by Gasteiger charge is -2.67. The van der Waals surface area contributed by atoms with E-state index in [1.54, 1.807) is 0 Å². The number of hydrogen-bond donors (Lipinski definition) is 2. The van der Waals surface area contributed by atoms with E-state index in [0.717, 1.165) is 5.57 Å². The summed E-state index contributed by atoms with van der Waals surface area (Å²) in [6.07, 6.45) is 3.69. The normalized spacial score (nSPS) is 43.5. The summed E-state index contributed by atoms with van der Waals surface area (Å²) in [5, 5.41) is 21.8. The number of carboxylic acids is 1. The van der Waals surface area contributed by atoms with E-state index in [1.165, 1.54) is 6.92 Å². The number of aliphatic carboxylic acids is 1. The van der Waals surface area contributed by atoms with Gasteiger partial charge in [0.05, 0.1) is 0 Å². The largest absolute Gasteiger partial charge is 0.478 e. The number of hydrogen-bond acceptors (Lipinski definition) is 6. The molecule has 0 amide bonds. The van der Waals surface area contributed by atoms with Crippen molar-refractivity contribution in [2.45, 2.75) is 106 Å². The predicted octanol–water partition coefficient (Wildman–Crippen LogP) is 5.05. The predicted molar refractivity (Wildman–Crippen MR) is 142 cm³/mol. The molecule has 38 heavy (non-hydrogen) atoms. The highest BCUT2D eigenvalue weighted by molar-refractivity contribution is 5.94. The van der Waals surface area contributed by atoms with E-state index in [4.69, 9.17) is 4.74 Å². The molecule has 2 N–H and O–H groups in total. The number of fused-ring (bicyclic) bond motifs is 5. The number of carbonyl (C=O) groups excluding carboxylic acids is 3. The number of allylic oxidation sites excluding steroid dienone is 2. The summed E-state index contributed by atoms with van der Waals surface area (Å²) in [4.78, 5) is 51.7. The van der Waals surface area contributed by atoms with Crippen molar-refractivity contribution in [3.63, 3.8) is 0 Å². The van der Waals surface area contributed by atoms with Crippen LogP contribution < -0.4 is 0 Å². The van der Waals surface area contributed by atoms with Crippen molar-refractivity contribution < 1.29 is 34.1 Å². The zero-order valence-electron chi connectivity index (χ0n) is 23.9. The van der Waals surface area contributed by atoms with Crippen LogP contribution in [0.1, 0.15) is 93.4 Å². The first-order chi connectivity index (χ1) is 17.6. The molecule has 0 radical (unpaired) electrons. The number of aliphatic hydroxyl groups is 1. The smallest absolute Gasteiger partial charge is 0.331 e. The Morgan fingerprint density at radius 1 is 1.11 bits per heavy atom. The van der Waals surface area contributed by atoms with E-state index >= 15 is 0 Å². The number of ketones is 2. The third-order valence-electron chi connectivity index (χ3n) is 11.2. The first kappa shape index (κ1) is 28.7. The van der Waals surface area contributed by atoms with Crippen molar-refractivity contribution in [1.29, 1.82) is 0 Å². The molecule has 7 heteroatoms. The molecule has 210 valence electrons. The Bertz CT molecular complexity index is 1110. The lowest BCUT2D eigenvalue weighted by Crippen LogP contribution is -2.69. The first-order valence-electron chi connectivity index (χ1n) is 14.1. The molecule has 0 aliphatic heterocycles. The summed E-state index contributed by atoms with van der Waals surface area (Å²) in [5.74, 6) is -2.77. The minimum absolute atomic E-state index is 0.0658. The molecule has 0 aromatic rings. The average molecular weight is 529 g/mol. The number of esters is 1. The van der Waals surface area contributed by atoms with Crippen LogP contribution in [0.25, 0.3) is 0 Å². The summed E-state index contributed by atoms with van der Waals surface area (Å²) in [6, 6.07) is 0. The molecule has 4 saturated carbocycles. The molecule has 7 nitrogen and oxygen atoms in total. The number of aliphatic hydroxyl groups excluding tert-OH is 1. The number of carboxylic acid groups (broad SMARTS) is 1. The molecule has 0 heterocycles. The topological polar surface area (TPSA) is 118 Å². The van der Waals surface area contributed by atoms with Crippen LogP contribution in [-0.2, 0) is 23.9 Å². The van der Waals surface area contributed by atoms with Crippen LogP contribution in [-0.4, -0.2) is 45.9 Å². The molecule has 4 aliphatic carbocycles. The molecular formula is C31H44O7. The van der Waals surface area contributed by atoms with E-state index in [9.17, 15) is 29.4 Å². The third-order valence-corrected chi connectivity index (χ3v) is 11.2. The fraction of sp³-hybridized carbons (Fsp3) is 0.742. The number of ether oxygens (including phenoxy) is 1. The zero-order chi connectivity index (χ0) is 28.4. The Balaban J connectivity index is 1.86. The molecule has 4 fully saturated rings.